The summed E-state index contributed by atoms with van der Waals surface area (Å²) < 4.78 is 12.9. The van der Waals surface area contributed by atoms with Crippen molar-refractivity contribution in [1.29, 1.82) is 0 Å². The van der Waals surface area contributed by atoms with Gasteiger partial charge in [0.05, 0.1) is 23.0 Å². The van der Waals surface area contributed by atoms with Crippen molar-refractivity contribution >= 4 is 17.3 Å². The standard InChI is InChI=1S/C26H29N3O3/c1-24(2)21(31-25(3,4)32-24)20-15-9-7-11-17-18(15)26-12-13-29(20)22(30)19(26)14-8-5-6-10-16(14)27-23(26)28-17/h5-11,19-21,23,27-28H,12-13H2,1-4H3/t19-,20-,21-,23+,26+/m0/s1. The number of fused-ring (bicyclic) bond motifs is 2. The average molecular weight is 432 g/mol. The van der Waals surface area contributed by atoms with Crippen LogP contribution in [0.3, 0.4) is 0 Å². The monoisotopic (exact) mass is 431 g/mol. The number of anilines is 2. The summed E-state index contributed by atoms with van der Waals surface area (Å²) in [5.74, 6) is -0.701. The molecule has 6 aliphatic rings. The number of nitrogens with one attached hydrogen (secondary N) is 2. The smallest absolute Gasteiger partial charge is 0.231 e. The maximum Gasteiger partial charge on any atom is 0.231 e. The van der Waals surface area contributed by atoms with E-state index >= 15 is 0 Å². The zero-order chi connectivity index (χ0) is 22.0. The number of ether oxygens (including phenoxy) is 2. The van der Waals surface area contributed by atoms with Gasteiger partial charge in [0.2, 0.25) is 5.91 Å². The molecule has 0 saturated carbocycles. The maximum absolute atomic E-state index is 14.3. The Labute approximate surface area is 188 Å². The second-order valence-electron chi connectivity index (χ2n) is 10.9. The number of para-hydroxylation sites is 1. The van der Waals surface area contributed by atoms with Crippen LogP contribution in [0.1, 0.15) is 62.8 Å². The minimum absolute atomic E-state index is 0.00593. The lowest BCUT2D eigenvalue weighted by Crippen LogP contribution is -2.60. The highest BCUT2D eigenvalue weighted by atomic mass is 16.8. The third-order valence-corrected chi connectivity index (χ3v) is 8.31. The summed E-state index contributed by atoms with van der Waals surface area (Å²) in [5, 5.41) is 7.49. The predicted molar refractivity (Wildman–Crippen MR) is 122 cm³/mol. The minimum Gasteiger partial charge on any atom is -0.364 e. The van der Waals surface area contributed by atoms with Crippen LogP contribution >= 0.6 is 0 Å². The molecule has 2 aromatic rings. The van der Waals surface area contributed by atoms with E-state index < -0.39 is 11.4 Å². The molecule has 6 heterocycles. The van der Waals surface area contributed by atoms with E-state index in [1.165, 1.54) is 11.1 Å². The number of piperidine rings is 1. The molecule has 2 saturated heterocycles. The number of benzene rings is 2. The van der Waals surface area contributed by atoms with Crippen molar-refractivity contribution in [1.82, 2.24) is 4.90 Å². The maximum atomic E-state index is 14.3. The number of carbonyl (C=O) groups excluding carboxylic acids is 1. The van der Waals surface area contributed by atoms with Gasteiger partial charge < -0.3 is 25.0 Å². The summed E-state index contributed by atoms with van der Waals surface area (Å²) in [6, 6.07) is 14.6. The first-order chi connectivity index (χ1) is 15.2. The second-order valence-corrected chi connectivity index (χ2v) is 10.9. The molecule has 2 aromatic carbocycles. The molecule has 0 aromatic heterocycles. The Balaban J connectivity index is 1.50. The number of hydrogen-bond acceptors (Lipinski definition) is 5. The summed E-state index contributed by atoms with van der Waals surface area (Å²) in [4.78, 5) is 16.4. The first kappa shape index (κ1) is 18.9. The molecule has 166 valence electrons. The molecule has 6 heteroatoms. The molecular weight excluding hydrogens is 402 g/mol. The zero-order valence-electron chi connectivity index (χ0n) is 18.9. The summed E-state index contributed by atoms with van der Waals surface area (Å²) >= 11 is 0. The Bertz CT molecular complexity index is 1170. The van der Waals surface area contributed by atoms with Crippen LogP contribution in [0.4, 0.5) is 11.4 Å². The van der Waals surface area contributed by atoms with Crippen molar-refractivity contribution in [2.24, 2.45) is 0 Å². The van der Waals surface area contributed by atoms with Crippen LogP contribution in [0, 0.1) is 0 Å². The molecular formula is C26H29N3O3. The molecule has 0 aliphatic carbocycles. The van der Waals surface area contributed by atoms with Gasteiger partial charge in [-0.15, -0.1) is 0 Å². The highest BCUT2D eigenvalue weighted by molar-refractivity contribution is 5.94. The summed E-state index contributed by atoms with van der Waals surface area (Å²) in [5.41, 5.74) is 4.95. The van der Waals surface area contributed by atoms with E-state index in [2.05, 4.69) is 59.7 Å². The Morgan fingerprint density at radius 1 is 0.969 bits per heavy atom. The fourth-order valence-corrected chi connectivity index (χ4v) is 7.40. The quantitative estimate of drug-likeness (QED) is 0.712. The van der Waals surface area contributed by atoms with Crippen LogP contribution in [-0.2, 0) is 19.7 Å². The Morgan fingerprint density at radius 2 is 1.69 bits per heavy atom. The Hall–Kier alpha value is -2.57. The largest absolute Gasteiger partial charge is 0.364 e. The molecule has 0 unspecified atom stereocenters. The van der Waals surface area contributed by atoms with Crippen LogP contribution in [0.15, 0.2) is 42.5 Å². The third-order valence-electron chi connectivity index (χ3n) is 8.31. The molecule has 5 atom stereocenters. The fraction of sp³-hybridized carbons (Fsp3) is 0.500. The van der Waals surface area contributed by atoms with Gasteiger partial charge in [-0.25, -0.2) is 0 Å². The van der Waals surface area contributed by atoms with Gasteiger partial charge in [0.25, 0.3) is 0 Å². The van der Waals surface area contributed by atoms with Gasteiger partial charge in [-0.1, -0.05) is 30.3 Å². The second kappa shape index (κ2) is 5.67. The number of carbonyl (C=O) groups is 1. The third kappa shape index (κ3) is 2.10. The van der Waals surface area contributed by atoms with Gasteiger partial charge in [0.1, 0.15) is 12.3 Å². The minimum atomic E-state index is -0.694. The molecule has 2 fully saturated rings. The molecule has 32 heavy (non-hydrogen) atoms. The lowest BCUT2D eigenvalue weighted by Gasteiger charge is -2.50. The van der Waals surface area contributed by atoms with Crippen LogP contribution in [0.5, 0.6) is 0 Å². The summed E-state index contributed by atoms with van der Waals surface area (Å²) in [7, 11) is 0. The number of nitrogens with zero attached hydrogens (tertiary/aromatic N) is 1. The fourth-order valence-electron chi connectivity index (χ4n) is 7.40. The molecule has 6 aliphatic heterocycles. The molecule has 2 N–H and O–H groups in total. The van der Waals surface area contributed by atoms with Gasteiger partial charge >= 0.3 is 0 Å². The van der Waals surface area contributed by atoms with Crippen molar-refractivity contribution in [2.75, 3.05) is 17.2 Å². The van der Waals surface area contributed by atoms with Crippen molar-refractivity contribution in [3.63, 3.8) is 0 Å². The molecule has 0 radical (unpaired) electrons. The Kier molecular flexibility index (Phi) is 3.36. The van der Waals surface area contributed by atoms with Gasteiger partial charge in [-0.3, -0.25) is 4.79 Å². The normalized spacial score (nSPS) is 36.8. The lowest BCUT2D eigenvalue weighted by molar-refractivity contribution is -0.163. The van der Waals surface area contributed by atoms with E-state index in [0.717, 1.165) is 23.4 Å². The number of rotatable bonds is 1. The SMILES string of the molecule is CC1(C)O[C@@H]([C@@H]2c3cccc4c3[C@]35CCN2C(=O)[C@@H]3c2ccccc2N[C@@H]5N4)C(C)(C)O1. The van der Waals surface area contributed by atoms with Crippen molar-refractivity contribution < 1.29 is 14.3 Å². The van der Waals surface area contributed by atoms with Crippen LogP contribution < -0.4 is 10.6 Å². The highest BCUT2D eigenvalue weighted by Gasteiger charge is 2.66. The van der Waals surface area contributed by atoms with E-state index in [9.17, 15) is 4.79 Å². The van der Waals surface area contributed by atoms with Gasteiger partial charge in [0.15, 0.2) is 5.79 Å². The van der Waals surface area contributed by atoms with E-state index in [0.29, 0.717) is 6.54 Å². The molecule has 2 bridgehead atoms. The van der Waals surface area contributed by atoms with Crippen LogP contribution in [0.25, 0.3) is 0 Å². The molecule has 8 rings (SSSR count). The zero-order valence-corrected chi connectivity index (χ0v) is 18.9. The lowest BCUT2D eigenvalue weighted by atomic mass is 9.61. The summed E-state index contributed by atoms with van der Waals surface area (Å²) in [6.45, 7) is 8.81. The molecule has 1 spiro atoms. The van der Waals surface area contributed by atoms with Gasteiger partial charge in [-0.2, -0.15) is 0 Å². The summed E-state index contributed by atoms with van der Waals surface area (Å²) in [6.07, 6.45) is 0.652. The first-order valence-electron chi connectivity index (χ1n) is 11.7. The topological polar surface area (TPSA) is 62.8 Å². The van der Waals surface area contributed by atoms with Crippen LogP contribution in [0.2, 0.25) is 0 Å². The van der Waals surface area contributed by atoms with E-state index in [1.807, 2.05) is 26.0 Å². The predicted octanol–water partition coefficient (Wildman–Crippen LogP) is 4.10. The molecule has 6 nitrogen and oxygen atoms in total. The average Bonchev–Trinajstić information content (AvgIpc) is 3.06. The van der Waals surface area contributed by atoms with Crippen LogP contribution in [-0.4, -0.2) is 41.0 Å². The number of hydrogen-bond donors (Lipinski definition) is 2. The van der Waals surface area contributed by atoms with Crippen molar-refractivity contribution in [2.45, 2.75) is 75.1 Å². The van der Waals surface area contributed by atoms with E-state index in [1.54, 1.807) is 0 Å². The molecule has 1 amide bonds. The Morgan fingerprint density at radius 3 is 2.47 bits per heavy atom. The highest BCUT2D eigenvalue weighted by Crippen LogP contribution is 2.64. The number of amides is 1. The van der Waals surface area contributed by atoms with Crippen molar-refractivity contribution in [3.8, 4) is 0 Å². The first-order valence-corrected chi connectivity index (χ1v) is 11.7. The van der Waals surface area contributed by atoms with E-state index in [4.69, 9.17) is 9.47 Å². The van der Waals surface area contributed by atoms with Gasteiger partial charge in [0, 0.05) is 17.9 Å². The van der Waals surface area contributed by atoms with Gasteiger partial charge in [-0.05, 0) is 62.9 Å². The van der Waals surface area contributed by atoms with Crippen molar-refractivity contribution in [3.05, 3.63) is 59.2 Å². The van der Waals surface area contributed by atoms with E-state index in [-0.39, 0.29) is 35.6 Å².